The van der Waals surface area contributed by atoms with E-state index in [4.69, 9.17) is 21.4 Å². The molecule has 1 aromatic rings. The molecule has 0 unspecified atom stereocenters. The molecule has 0 heterocycles. The van der Waals surface area contributed by atoms with Crippen LogP contribution in [-0.4, -0.2) is 45.9 Å². The zero-order valence-corrected chi connectivity index (χ0v) is 16.9. The second kappa shape index (κ2) is 11.8. The molecule has 0 amide bonds. The lowest BCUT2D eigenvalue weighted by molar-refractivity contribution is -0.137. The number of aliphatic carboxylic acids is 1. The molecular weight excluding hydrogens is 396 g/mol. The van der Waals surface area contributed by atoms with E-state index in [2.05, 4.69) is 0 Å². The first kappa shape index (κ1) is 23.1. The maximum atomic E-state index is 12.2. The standard InChI is InChI=1S/C22H27ClO6/c23-15-6-5-7-17(12-15)29-14-16(24)10-11-19-18(20(25)13-21(19)26)8-3-1-2-4-9-22(27)28/h1,3,5-7,10-12,16,18-20,24-25H,2,4,8-9,13-14H2,(H,27,28)/b3-1-,11-10+/t16-,18+,19+,20-/m0/s1. The Morgan fingerprint density at radius 1 is 1.34 bits per heavy atom. The van der Waals surface area contributed by atoms with Crippen molar-refractivity contribution in [2.45, 2.75) is 44.3 Å². The highest BCUT2D eigenvalue weighted by Gasteiger charge is 2.39. The lowest BCUT2D eigenvalue weighted by Gasteiger charge is -2.17. The molecule has 4 atom stereocenters. The summed E-state index contributed by atoms with van der Waals surface area (Å²) < 4.78 is 5.48. The van der Waals surface area contributed by atoms with Gasteiger partial charge in [-0.15, -0.1) is 0 Å². The van der Waals surface area contributed by atoms with Crippen LogP contribution in [0.1, 0.15) is 32.1 Å². The van der Waals surface area contributed by atoms with E-state index in [1.54, 1.807) is 30.3 Å². The normalized spacial score (nSPS) is 23.1. The van der Waals surface area contributed by atoms with Gasteiger partial charge in [-0.3, -0.25) is 9.59 Å². The number of halogens is 1. The number of hydrogen-bond donors (Lipinski definition) is 3. The first-order valence-electron chi connectivity index (χ1n) is 9.69. The van der Waals surface area contributed by atoms with Crippen molar-refractivity contribution in [3.63, 3.8) is 0 Å². The summed E-state index contributed by atoms with van der Waals surface area (Å²) in [7, 11) is 0. The fourth-order valence-corrected chi connectivity index (χ4v) is 3.49. The average Bonchev–Trinajstić information content (AvgIpc) is 2.93. The van der Waals surface area contributed by atoms with Crippen LogP contribution in [0.3, 0.4) is 0 Å². The van der Waals surface area contributed by atoms with Crippen molar-refractivity contribution in [1.82, 2.24) is 0 Å². The molecule has 2 rings (SSSR count). The van der Waals surface area contributed by atoms with Gasteiger partial charge in [-0.2, -0.15) is 0 Å². The Hall–Kier alpha value is -2.15. The van der Waals surface area contributed by atoms with Crippen molar-refractivity contribution in [1.29, 1.82) is 0 Å². The monoisotopic (exact) mass is 422 g/mol. The number of hydrogen-bond acceptors (Lipinski definition) is 5. The summed E-state index contributed by atoms with van der Waals surface area (Å²) >= 11 is 5.89. The summed E-state index contributed by atoms with van der Waals surface area (Å²) in [6.45, 7) is 0.0223. The highest BCUT2D eigenvalue weighted by molar-refractivity contribution is 6.30. The summed E-state index contributed by atoms with van der Waals surface area (Å²) in [5.41, 5.74) is 0. The van der Waals surface area contributed by atoms with Crippen LogP contribution in [0.15, 0.2) is 48.6 Å². The summed E-state index contributed by atoms with van der Waals surface area (Å²) in [6, 6.07) is 6.85. The van der Waals surface area contributed by atoms with E-state index in [9.17, 15) is 19.8 Å². The predicted octanol–water partition coefficient (Wildman–Crippen LogP) is 3.40. The number of rotatable bonds is 11. The number of carboxylic acid groups (broad SMARTS) is 1. The molecule has 0 radical (unpaired) electrons. The zero-order valence-electron chi connectivity index (χ0n) is 16.1. The van der Waals surface area contributed by atoms with Crippen LogP contribution >= 0.6 is 11.6 Å². The molecule has 29 heavy (non-hydrogen) atoms. The van der Waals surface area contributed by atoms with E-state index in [1.807, 2.05) is 12.2 Å². The molecule has 0 saturated heterocycles. The molecule has 3 N–H and O–H groups in total. The van der Waals surface area contributed by atoms with E-state index in [-0.39, 0.29) is 31.1 Å². The number of unbranched alkanes of at least 4 members (excludes halogenated alkanes) is 1. The van der Waals surface area contributed by atoms with Gasteiger partial charge in [0.05, 0.1) is 6.10 Å². The second-order valence-corrected chi connectivity index (χ2v) is 7.58. The molecule has 1 aliphatic carbocycles. The van der Waals surface area contributed by atoms with Crippen molar-refractivity contribution < 1.29 is 29.6 Å². The maximum Gasteiger partial charge on any atom is 0.303 e. The van der Waals surface area contributed by atoms with E-state index >= 15 is 0 Å². The van der Waals surface area contributed by atoms with Crippen LogP contribution in [0.4, 0.5) is 0 Å². The van der Waals surface area contributed by atoms with Crippen molar-refractivity contribution in [3.05, 3.63) is 53.6 Å². The van der Waals surface area contributed by atoms with E-state index in [0.29, 0.717) is 30.0 Å². The molecular formula is C22H27ClO6. The van der Waals surface area contributed by atoms with Crippen LogP contribution in [-0.2, 0) is 9.59 Å². The highest BCUT2D eigenvalue weighted by atomic mass is 35.5. The molecule has 1 aromatic carbocycles. The van der Waals surface area contributed by atoms with Gasteiger partial charge < -0.3 is 20.1 Å². The molecule has 6 nitrogen and oxygen atoms in total. The van der Waals surface area contributed by atoms with Gasteiger partial charge in [-0.1, -0.05) is 42.0 Å². The van der Waals surface area contributed by atoms with Crippen LogP contribution in [0.5, 0.6) is 5.75 Å². The minimum absolute atomic E-state index is 0.0223. The topological polar surface area (TPSA) is 104 Å². The minimum Gasteiger partial charge on any atom is -0.491 e. The quantitative estimate of drug-likeness (QED) is 0.373. The molecule has 0 aromatic heterocycles. The maximum absolute atomic E-state index is 12.2. The summed E-state index contributed by atoms with van der Waals surface area (Å²) in [4.78, 5) is 22.7. The van der Waals surface area contributed by atoms with E-state index in [1.165, 1.54) is 6.08 Å². The van der Waals surface area contributed by atoms with Crippen molar-refractivity contribution in [2.75, 3.05) is 6.61 Å². The van der Waals surface area contributed by atoms with Crippen LogP contribution in [0.25, 0.3) is 0 Å². The largest absolute Gasteiger partial charge is 0.491 e. The third kappa shape index (κ3) is 8.01. The van der Waals surface area contributed by atoms with Gasteiger partial charge in [0, 0.05) is 29.7 Å². The number of carbonyl (C=O) groups is 2. The smallest absolute Gasteiger partial charge is 0.303 e. The first-order chi connectivity index (χ1) is 13.9. The van der Waals surface area contributed by atoms with Crippen molar-refractivity contribution in [3.8, 4) is 5.75 Å². The molecule has 0 aliphatic heterocycles. The summed E-state index contributed by atoms with van der Waals surface area (Å²) in [6.07, 6.45) is 7.25. The number of Topliss-reactive ketones (excluding diaryl/α,β-unsaturated/α-hetero) is 1. The number of aliphatic hydroxyl groups is 2. The lowest BCUT2D eigenvalue weighted by atomic mass is 9.90. The van der Waals surface area contributed by atoms with E-state index < -0.39 is 24.1 Å². The number of benzene rings is 1. The van der Waals surface area contributed by atoms with Crippen molar-refractivity contribution >= 4 is 23.4 Å². The van der Waals surface area contributed by atoms with Crippen molar-refractivity contribution in [2.24, 2.45) is 11.8 Å². The third-order valence-corrected chi connectivity index (χ3v) is 5.07. The Bertz CT molecular complexity index is 745. The predicted molar refractivity (Wildman–Crippen MR) is 110 cm³/mol. The number of ketones is 1. The van der Waals surface area contributed by atoms with Gasteiger partial charge in [0.15, 0.2) is 0 Å². The number of carbonyl (C=O) groups excluding carboxylic acids is 1. The highest BCUT2D eigenvalue weighted by Crippen LogP contribution is 2.33. The molecule has 1 saturated carbocycles. The molecule has 0 spiro atoms. The summed E-state index contributed by atoms with van der Waals surface area (Å²) in [5, 5.41) is 29.5. The molecule has 1 fully saturated rings. The Morgan fingerprint density at radius 2 is 2.14 bits per heavy atom. The fourth-order valence-electron chi connectivity index (χ4n) is 3.31. The second-order valence-electron chi connectivity index (χ2n) is 7.14. The minimum atomic E-state index is -0.897. The molecule has 0 bridgehead atoms. The molecule has 7 heteroatoms. The van der Waals surface area contributed by atoms with Gasteiger partial charge in [-0.05, 0) is 37.5 Å². The molecule has 158 valence electrons. The van der Waals surface area contributed by atoms with Gasteiger partial charge in [0.25, 0.3) is 0 Å². The number of carboxylic acids is 1. The average molecular weight is 423 g/mol. The molecule has 1 aliphatic rings. The van der Waals surface area contributed by atoms with Gasteiger partial charge >= 0.3 is 5.97 Å². The number of allylic oxidation sites excluding steroid dienone is 3. The van der Waals surface area contributed by atoms with E-state index in [0.717, 1.165) is 0 Å². The SMILES string of the molecule is O=C(O)CCC/C=C\C[C@H]1[C@@H](O)CC(=O)[C@@H]1/C=C/[C@H](O)COc1cccc(Cl)c1. The van der Waals surface area contributed by atoms with Crippen LogP contribution in [0.2, 0.25) is 5.02 Å². The number of ether oxygens (including phenoxy) is 1. The Morgan fingerprint density at radius 3 is 2.86 bits per heavy atom. The third-order valence-electron chi connectivity index (χ3n) is 4.83. The Kier molecular flexibility index (Phi) is 9.38. The van der Waals surface area contributed by atoms with Gasteiger partial charge in [-0.25, -0.2) is 0 Å². The summed E-state index contributed by atoms with van der Waals surface area (Å²) in [5.74, 6) is -1.05. The van der Waals surface area contributed by atoms with Crippen LogP contribution in [0, 0.1) is 11.8 Å². The Labute approximate surface area is 175 Å². The zero-order chi connectivity index (χ0) is 21.2. The fraction of sp³-hybridized carbons (Fsp3) is 0.455. The Balaban J connectivity index is 1.84. The number of aliphatic hydroxyl groups excluding tert-OH is 2. The van der Waals surface area contributed by atoms with Crippen LogP contribution < -0.4 is 4.74 Å². The van der Waals surface area contributed by atoms with Gasteiger partial charge in [0.1, 0.15) is 24.2 Å². The first-order valence-corrected chi connectivity index (χ1v) is 10.1. The lowest BCUT2D eigenvalue weighted by Crippen LogP contribution is -2.20. The van der Waals surface area contributed by atoms with Gasteiger partial charge in [0.2, 0.25) is 0 Å².